The lowest BCUT2D eigenvalue weighted by Crippen LogP contribution is -2.37. The molecule has 2 aromatic rings. The van der Waals surface area contributed by atoms with E-state index in [1.165, 1.54) is 0 Å². The van der Waals surface area contributed by atoms with Gasteiger partial charge in [0.2, 0.25) is 0 Å². The van der Waals surface area contributed by atoms with Crippen molar-refractivity contribution >= 4 is 21.6 Å². The van der Waals surface area contributed by atoms with Crippen LogP contribution in [0.15, 0.2) is 48.5 Å². The van der Waals surface area contributed by atoms with E-state index in [4.69, 9.17) is 0 Å². The number of hydrogen-bond acceptors (Lipinski definition) is 4. The lowest BCUT2D eigenvalue weighted by Gasteiger charge is -2.23. The zero-order chi connectivity index (χ0) is 19.9. The summed E-state index contributed by atoms with van der Waals surface area (Å²) in [5, 5.41) is 9.35. The molecule has 2 fully saturated rings. The van der Waals surface area contributed by atoms with Gasteiger partial charge in [0.15, 0.2) is 9.84 Å². The van der Waals surface area contributed by atoms with Crippen LogP contribution in [0.1, 0.15) is 23.6 Å². The van der Waals surface area contributed by atoms with Crippen LogP contribution in [-0.2, 0) is 22.8 Å². The molecule has 0 radical (unpaired) electrons. The number of carbonyl (C=O) groups is 1. The molecule has 2 saturated heterocycles. The molecule has 28 heavy (non-hydrogen) atoms. The third-order valence-corrected chi connectivity index (χ3v) is 7.28. The van der Waals surface area contributed by atoms with Gasteiger partial charge < -0.3 is 4.90 Å². The molecular formula is C21H21N3O3S. The number of nitriles is 1. The average Bonchev–Trinajstić information content (AvgIpc) is 3.12. The number of aryl methyl sites for hydroxylation is 1. The predicted molar refractivity (Wildman–Crippen MR) is 107 cm³/mol. The first-order valence-corrected chi connectivity index (χ1v) is 11.1. The fourth-order valence-electron chi connectivity index (χ4n) is 4.11. The van der Waals surface area contributed by atoms with Gasteiger partial charge in [0.05, 0.1) is 35.2 Å². The lowest BCUT2D eigenvalue weighted by atomic mass is 10.1. The Labute approximate surface area is 164 Å². The van der Waals surface area contributed by atoms with Gasteiger partial charge in [-0.3, -0.25) is 4.90 Å². The Morgan fingerprint density at radius 1 is 1.07 bits per heavy atom. The van der Waals surface area contributed by atoms with Gasteiger partial charge in [-0.2, -0.15) is 5.26 Å². The third-order valence-electron chi connectivity index (χ3n) is 5.58. The Morgan fingerprint density at radius 3 is 2.43 bits per heavy atom. The SMILES string of the molecule is CCc1ccc(N2C(=O)N(Cc3ccccc3C#N)[C@@H]3CS(=O)(=O)C[C@@H]32)cc1. The van der Waals surface area contributed by atoms with E-state index in [2.05, 4.69) is 13.0 Å². The van der Waals surface area contributed by atoms with Crippen LogP contribution in [0, 0.1) is 11.3 Å². The highest BCUT2D eigenvalue weighted by molar-refractivity contribution is 7.91. The van der Waals surface area contributed by atoms with Crippen LogP contribution in [0.4, 0.5) is 10.5 Å². The van der Waals surface area contributed by atoms with Gasteiger partial charge in [-0.15, -0.1) is 0 Å². The minimum Gasteiger partial charge on any atom is -0.314 e. The molecule has 2 atom stereocenters. The zero-order valence-corrected chi connectivity index (χ0v) is 16.4. The summed E-state index contributed by atoms with van der Waals surface area (Å²) in [6.07, 6.45) is 0.895. The molecule has 0 unspecified atom stereocenters. The Hall–Kier alpha value is -2.85. The zero-order valence-electron chi connectivity index (χ0n) is 15.6. The number of rotatable bonds is 4. The number of benzene rings is 2. The first kappa shape index (κ1) is 18.5. The maximum absolute atomic E-state index is 13.3. The molecule has 0 N–H and O–H groups in total. The normalized spacial score (nSPS) is 22.9. The molecule has 2 amide bonds. The summed E-state index contributed by atoms with van der Waals surface area (Å²) >= 11 is 0. The number of sulfone groups is 1. The molecule has 6 nitrogen and oxygen atoms in total. The molecule has 4 rings (SSSR count). The number of amides is 2. The summed E-state index contributed by atoms with van der Waals surface area (Å²) in [4.78, 5) is 16.5. The van der Waals surface area contributed by atoms with Gasteiger partial charge in [-0.25, -0.2) is 13.2 Å². The van der Waals surface area contributed by atoms with Crippen molar-refractivity contribution in [1.29, 1.82) is 5.26 Å². The topological polar surface area (TPSA) is 81.5 Å². The van der Waals surface area contributed by atoms with Gasteiger partial charge in [-0.1, -0.05) is 37.3 Å². The first-order valence-electron chi connectivity index (χ1n) is 9.30. The Morgan fingerprint density at radius 2 is 1.75 bits per heavy atom. The van der Waals surface area contributed by atoms with E-state index in [1.807, 2.05) is 36.4 Å². The van der Waals surface area contributed by atoms with Gasteiger partial charge in [-0.05, 0) is 35.7 Å². The van der Waals surface area contributed by atoms with E-state index < -0.39 is 21.9 Å². The van der Waals surface area contributed by atoms with E-state index in [-0.39, 0.29) is 24.1 Å². The number of carbonyl (C=O) groups excluding carboxylic acids is 1. The first-order chi connectivity index (χ1) is 13.4. The van der Waals surface area contributed by atoms with E-state index in [9.17, 15) is 18.5 Å². The Bertz CT molecular complexity index is 1060. The standard InChI is InChI=1S/C21H21N3O3S/c1-2-15-7-9-18(10-8-15)24-20-14-28(26,27)13-19(20)23(21(24)25)12-17-6-4-3-5-16(17)11-22/h3-10,19-20H,2,12-14H2,1H3/t19-,20+/m1/s1. The minimum atomic E-state index is -3.22. The molecule has 0 spiro atoms. The van der Waals surface area contributed by atoms with Gasteiger partial charge in [0, 0.05) is 12.2 Å². The molecular weight excluding hydrogens is 374 g/mol. The minimum absolute atomic E-state index is 0.0324. The summed E-state index contributed by atoms with van der Waals surface area (Å²) in [5.74, 6) is -0.0724. The third kappa shape index (κ3) is 3.14. The summed E-state index contributed by atoms with van der Waals surface area (Å²) < 4.78 is 24.7. The average molecular weight is 395 g/mol. The maximum atomic E-state index is 13.3. The molecule has 2 aromatic carbocycles. The number of urea groups is 1. The highest BCUT2D eigenvalue weighted by Crippen LogP contribution is 2.36. The number of anilines is 1. The predicted octanol–water partition coefficient (Wildman–Crippen LogP) is 2.73. The number of nitrogens with zero attached hydrogens (tertiary/aromatic N) is 3. The number of fused-ring (bicyclic) bond motifs is 1. The highest BCUT2D eigenvalue weighted by Gasteiger charge is 2.53. The fraction of sp³-hybridized carbons (Fsp3) is 0.333. The molecule has 0 aromatic heterocycles. The van der Waals surface area contributed by atoms with Crippen LogP contribution in [0.25, 0.3) is 0 Å². The van der Waals surface area contributed by atoms with E-state index in [0.717, 1.165) is 17.5 Å². The van der Waals surface area contributed by atoms with Crippen molar-refractivity contribution in [3.63, 3.8) is 0 Å². The molecule has 0 aliphatic carbocycles. The number of hydrogen-bond donors (Lipinski definition) is 0. The molecule has 0 bridgehead atoms. The molecule has 0 saturated carbocycles. The van der Waals surface area contributed by atoms with Gasteiger partial charge in [0.1, 0.15) is 0 Å². The van der Waals surface area contributed by atoms with Crippen LogP contribution in [0.5, 0.6) is 0 Å². The van der Waals surface area contributed by atoms with Crippen molar-refractivity contribution in [2.75, 3.05) is 16.4 Å². The quantitative estimate of drug-likeness (QED) is 0.746. The highest BCUT2D eigenvalue weighted by atomic mass is 32.2. The second-order valence-corrected chi connectivity index (χ2v) is 9.43. The Balaban J connectivity index is 1.71. The maximum Gasteiger partial charge on any atom is 0.325 e. The van der Waals surface area contributed by atoms with Gasteiger partial charge in [0.25, 0.3) is 0 Å². The summed E-state index contributed by atoms with van der Waals surface area (Å²) in [6.45, 7) is 2.28. The summed E-state index contributed by atoms with van der Waals surface area (Å²) in [7, 11) is -3.22. The van der Waals surface area contributed by atoms with Crippen molar-refractivity contribution in [2.45, 2.75) is 32.0 Å². The lowest BCUT2D eigenvalue weighted by molar-refractivity contribution is 0.206. The smallest absolute Gasteiger partial charge is 0.314 e. The van der Waals surface area contributed by atoms with Crippen LogP contribution in [0.2, 0.25) is 0 Å². The van der Waals surface area contributed by atoms with Gasteiger partial charge >= 0.3 is 6.03 Å². The van der Waals surface area contributed by atoms with Crippen molar-refractivity contribution in [1.82, 2.24) is 4.90 Å². The van der Waals surface area contributed by atoms with E-state index in [1.54, 1.807) is 21.9 Å². The fourth-order valence-corrected chi connectivity index (χ4v) is 6.06. The second kappa shape index (κ2) is 6.95. The van der Waals surface area contributed by atoms with E-state index in [0.29, 0.717) is 11.3 Å². The van der Waals surface area contributed by atoms with Crippen molar-refractivity contribution in [3.8, 4) is 6.07 Å². The second-order valence-electron chi connectivity index (χ2n) is 7.28. The van der Waals surface area contributed by atoms with Crippen LogP contribution in [-0.4, -0.2) is 42.9 Å². The van der Waals surface area contributed by atoms with Crippen molar-refractivity contribution in [3.05, 3.63) is 65.2 Å². The van der Waals surface area contributed by atoms with Crippen LogP contribution in [0.3, 0.4) is 0 Å². The molecule has 144 valence electrons. The van der Waals surface area contributed by atoms with Crippen LogP contribution >= 0.6 is 0 Å². The Kier molecular flexibility index (Phi) is 4.60. The molecule has 2 aliphatic rings. The van der Waals surface area contributed by atoms with Crippen LogP contribution < -0.4 is 4.90 Å². The van der Waals surface area contributed by atoms with Crippen molar-refractivity contribution < 1.29 is 13.2 Å². The monoisotopic (exact) mass is 395 g/mol. The molecule has 2 aliphatic heterocycles. The largest absolute Gasteiger partial charge is 0.325 e. The van der Waals surface area contributed by atoms with E-state index >= 15 is 0 Å². The van der Waals surface area contributed by atoms with Crippen molar-refractivity contribution in [2.24, 2.45) is 0 Å². The summed E-state index contributed by atoms with van der Waals surface area (Å²) in [5.41, 5.74) is 3.10. The summed E-state index contributed by atoms with van der Waals surface area (Å²) in [6, 6.07) is 15.9. The molecule has 2 heterocycles. The molecule has 7 heteroatoms.